The van der Waals surface area contributed by atoms with E-state index in [0.717, 1.165) is 16.7 Å². The maximum absolute atomic E-state index is 13.2. The van der Waals surface area contributed by atoms with Crippen LogP contribution in [0.25, 0.3) is 11.1 Å². The Labute approximate surface area is 210 Å². The number of rotatable bonds is 8. The van der Waals surface area contributed by atoms with E-state index in [1.807, 2.05) is 32.0 Å². The highest BCUT2D eigenvalue weighted by atomic mass is 32.2. The number of hydrogen-bond donors (Lipinski definition) is 1. The van der Waals surface area contributed by atoms with Gasteiger partial charge in [0.1, 0.15) is 11.8 Å². The molecule has 3 aromatic rings. The van der Waals surface area contributed by atoms with E-state index in [1.165, 1.54) is 26.4 Å². The zero-order chi connectivity index (χ0) is 26.0. The van der Waals surface area contributed by atoms with Gasteiger partial charge in [-0.2, -0.15) is 0 Å². The average Bonchev–Trinajstić information content (AvgIpc) is 3.19. The number of fused-ring (bicyclic) bond motifs is 1. The first-order valence-electron chi connectivity index (χ1n) is 11.4. The molecule has 188 valence electrons. The van der Waals surface area contributed by atoms with Crippen LogP contribution in [0.4, 0.5) is 5.69 Å². The fourth-order valence-corrected chi connectivity index (χ4v) is 5.37. The van der Waals surface area contributed by atoms with Crippen molar-refractivity contribution in [3.63, 3.8) is 0 Å². The van der Waals surface area contributed by atoms with Crippen LogP contribution in [0.15, 0.2) is 71.6 Å². The first-order chi connectivity index (χ1) is 17.1. The summed E-state index contributed by atoms with van der Waals surface area (Å²) in [6.07, 6.45) is 0. The summed E-state index contributed by atoms with van der Waals surface area (Å²) < 4.78 is 38.0. The minimum atomic E-state index is -3.76. The van der Waals surface area contributed by atoms with Crippen LogP contribution in [0.1, 0.15) is 29.8 Å². The van der Waals surface area contributed by atoms with E-state index in [-0.39, 0.29) is 16.7 Å². The predicted octanol–water partition coefficient (Wildman–Crippen LogP) is 4.32. The number of ether oxygens (including phenoxy) is 2. The summed E-state index contributed by atoms with van der Waals surface area (Å²) in [5.41, 5.74) is 3.45. The van der Waals surface area contributed by atoms with E-state index in [2.05, 4.69) is 4.72 Å². The van der Waals surface area contributed by atoms with Gasteiger partial charge in [-0.05, 0) is 65.1 Å². The second-order valence-corrected chi connectivity index (χ2v) is 10.6. The molecule has 4 rings (SSSR count). The molecule has 0 saturated carbocycles. The van der Waals surface area contributed by atoms with Crippen molar-refractivity contribution in [2.45, 2.75) is 31.3 Å². The Hall–Kier alpha value is -3.85. The average molecular weight is 509 g/mol. The second-order valence-electron chi connectivity index (χ2n) is 8.88. The van der Waals surface area contributed by atoms with Crippen molar-refractivity contribution in [2.24, 2.45) is 5.92 Å². The minimum absolute atomic E-state index is 0.0931. The number of hydrogen-bond acceptors (Lipinski definition) is 6. The molecule has 9 heteroatoms. The van der Waals surface area contributed by atoms with Gasteiger partial charge in [0.2, 0.25) is 0 Å². The number of esters is 1. The van der Waals surface area contributed by atoms with E-state index < -0.39 is 22.0 Å². The van der Waals surface area contributed by atoms with Gasteiger partial charge in [-0.15, -0.1) is 0 Å². The highest BCUT2D eigenvalue weighted by Gasteiger charge is 2.38. The van der Waals surface area contributed by atoms with Crippen molar-refractivity contribution in [1.29, 1.82) is 0 Å². The summed E-state index contributed by atoms with van der Waals surface area (Å²) in [5.74, 6) is -0.164. The SMILES string of the molecule is COC(=O)C(C(C)C)N1Cc2ccc(-c3ccc(NS(=O)(=O)c4ccc(OC)cc4)cc3)cc2C1=O. The van der Waals surface area contributed by atoms with Crippen LogP contribution in [0.2, 0.25) is 0 Å². The first-order valence-corrected chi connectivity index (χ1v) is 12.9. The molecule has 8 nitrogen and oxygen atoms in total. The molecule has 1 unspecified atom stereocenters. The second kappa shape index (κ2) is 10.0. The van der Waals surface area contributed by atoms with Crippen LogP contribution in [0, 0.1) is 5.92 Å². The number of carbonyl (C=O) groups excluding carboxylic acids is 2. The van der Waals surface area contributed by atoms with Gasteiger partial charge in [-0.1, -0.05) is 38.1 Å². The summed E-state index contributed by atoms with van der Waals surface area (Å²) in [4.78, 5) is 27.2. The molecular weight excluding hydrogens is 480 g/mol. The van der Waals surface area contributed by atoms with Gasteiger partial charge < -0.3 is 14.4 Å². The normalized spacial score (nSPS) is 13.9. The minimum Gasteiger partial charge on any atom is -0.497 e. The van der Waals surface area contributed by atoms with E-state index in [4.69, 9.17) is 9.47 Å². The van der Waals surface area contributed by atoms with Gasteiger partial charge in [-0.3, -0.25) is 9.52 Å². The Morgan fingerprint density at radius 2 is 1.58 bits per heavy atom. The lowest BCUT2D eigenvalue weighted by Gasteiger charge is -2.28. The molecule has 1 amide bonds. The molecule has 36 heavy (non-hydrogen) atoms. The first kappa shape index (κ1) is 25.2. The summed E-state index contributed by atoms with van der Waals surface area (Å²) in [7, 11) is -0.917. The van der Waals surface area contributed by atoms with Crippen LogP contribution in [0.3, 0.4) is 0 Å². The Morgan fingerprint density at radius 3 is 2.17 bits per heavy atom. The number of sulfonamides is 1. The molecule has 3 aromatic carbocycles. The van der Waals surface area contributed by atoms with Crippen molar-refractivity contribution in [3.05, 3.63) is 77.9 Å². The van der Waals surface area contributed by atoms with E-state index in [9.17, 15) is 18.0 Å². The van der Waals surface area contributed by atoms with Crippen molar-refractivity contribution in [1.82, 2.24) is 4.90 Å². The molecule has 1 aliphatic rings. The molecule has 0 fully saturated rings. The van der Waals surface area contributed by atoms with Crippen molar-refractivity contribution in [3.8, 4) is 16.9 Å². The standard InChI is InChI=1S/C27H28N2O6S/c1-17(2)25(27(31)35-4)29-16-20-6-5-19(15-24(20)26(29)30)18-7-9-21(10-8-18)28-36(32,33)23-13-11-22(34-3)12-14-23/h5-15,17,25,28H,16H2,1-4H3. The van der Waals surface area contributed by atoms with Gasteiger partial charge >= 0.3 is 5.97 Å². The fourth-order valence-electron chi connectivity index (χ4n) is 4.31. The predicted molar refractivity (Wildman–Crippen MR) is 136 cm³/mol. The van der Waals surface area contributed by atoms with E-state index in [1.54, 1.807) is 41.3 Å². The largest absolute Gasteiger partial charge is 0.497 e. The molecule has 0 spiro atoms. The maximum atomic E-state index is 13.2. The Morgan fingerprint density at radius 1 is 0.944 bits per heavy atom. The van der Waals surface area contributed by atoms with Gasteiger partial charge in [0, 0.05) is 17.8 Å². The molecule has 1 heterocycles. The lowest BCUT2D eigenvalue weighted by Crippen LogP contribution is -2.45. The number of anilines is 1. The molecular formula is C27H28N2O6S. The Kier molecular flexibility index (Phi) is 7.03. The fraction of sp³-hybridized carbons (Fsp3) is 0.259. The topological polar surface area (TPSA) is 102 Å². The Bertz CT molecular complexity index is 1380. The highest BCUT2D eigenvalue weighted by Crippen LogP contribution is 2.32. The van der Waals surface area contributed by atoms with Crippen molar-refractivity contribution >= 4 is 27.6 Å². The van der Waals surface area contributed by atoms with E-state index in [0.29, 0.717) is 23.5 Å². The zero-order valence-corrected chi connectivity index (χ0v) is 21.3. The molecule has 0 bridgehead atoms. The van der Waals surface area contributed by atoms with Crippen molar-refractivity contribution in [2.75, 3.05) is 18.9 Å². The molecule has 1 N–H and O–H groups in total. The summed E-state index contributed by atoms with van der Waals surface area (Å²) in [6.45, 7) is 4.11. The van der Waals surface area contributed by atoms with Gasteiger partial charge in [0.15, 0.2) is 0 Å². The molecule has 0 aromatic heterocycles. The Balaban J connectivity index is 1.53. The smallest absolute Gasteiger partial charge is 0.328 e. The highest BCUT2D eigenvalue weighted by molar-refractivity contribution is 7.92. The van der Waals surface area contributed by atoms with Crippen LogP contribution < -0.4 is 9.46 Å². The van der Waals surface area contributed by atoms with Crippen LogP contribution in [0.5, 0.6) is 5.75 Å². The number of nitrogens with one attached hydrogen (secondary N) is 1. The third-order valence-corrected chi connectivity index (χ3v) is 7.59. The summed E-state index contributed by atoms with van der Waals surface area (Å²) in [6, 6.07) is 18.0. The van der Waals surface area contributed by atoms with E-state index >= 15 is 0 Å². The third-order valence-electron chi connectivity index (χ3n) is 6.19. The molecule has 0 saturated heterocycles. The molecule has 0 aliphatic carbocycles. The monoisotopic (exact) mass is 508 g/mol. The molecule has 1 atom stereocenters. The molecule has 0 radical (unpaired) electrons. The lowest BCUT2D eigenvalue weighted by atomic mass is 10.0. The van der Waals surface area contributed by atoms with Crippen LogP contribution in [-0.4, -0.2) is 45.5 Å². The van der Waals surface area contributed by atoms with Gasteiger partial charge in [-0.25, -0.2) is 13.2 Å². The number of benzene rings is 3. The maximum Gasteiger partial charge on any atom is 0.328 e. The molecule has 1 aliphatic heterocycles. The van der Waals surface area contributed by atoms with Crippen molar-refractivity contribution < 1.29 is 27.5 Å². The third kappa shape index (κ3) is 4.92. The zero-order valence-electron chi connectivity index (χ0n) is 20.5. The number of carbonyl (C=O) groups is 2. The lowest BCUT2D eigenvalue weighted by molar-refractivity contribution is -0.147. The van der Waals surface area contributed by atoms with Gasteiger partial charge in [0.25, 0.3) is 15.9 Å². The number of nitrogens with zero attached hydrogens (tertiary/aromatic N) is 1. The summed E-state index contributed by atoms with van der Waals surface area (Å²) >= 11 is 0. The quantitative estimate of drug-likeness (QED) is 0.455. The van der Waals surface area contributed by atoms with Crippen LogP contribution >= 0.6 is 0 Å². The van der Waals surface area contributed by atoms with Gasteiger partial charge in [0.05, 0.1) is 19.1 Å². The number of amides is 1. The van der Waals surface area contributed by atoms with Crippen LogP contribution in [-0.2, 0) is 26.1 Å². The number of methoxy groups -OCH3 is 2. The summed E-state index contributed by atoms with van der Waals surface area (Å²) in [5, 5.41) is 0.